The van der Waals surface area contributed by atoms with Crippen LogP contribution in [0, 0.1) is 19.7 Å². The first-order chi connectivity index (χ1) is 15.7. The van der Waals surface area contributed by atoms with E-state index in [1.165, 1.54) is 12.1 Å². The number of pyridine rings is 3. The van der Waals surface area contributed by atoms with Crippen molar-refractivity contribution >= 4 is 17.3 Å². The van der Waals surface area contributed by atoms with Gasteiger partial charge in [0.2, 0.25) is 0 Å². The van der Waals surface area contributed by atoms with Crippen LogP contribution >= 0.6 is 11.6 Å². The summed E-state index contributed by atoms with van der Waals surface area (Å²) in [4.78, 5) is 22.0. The van der Waals surface area contributed by atoms with Gasteiger partial charge in [-0.1, -0.05) is 30.7 Å². The summed E-state index contributed by atoms with van der Waals surface area (Å²) in [5.41, 5.74) is 11.6. The Balaban J connectivity index is 1.75. The summed E-state index contributed by atoms with van der Waals surface area (Å²) in [5.74, 6) is -0.291. The maximum absolute atomic E-state index is 13.4. The molecule has 2 N–H and O–H groups in total. The topological polar surface area (TPSA) is 73.8 Å². The summed E-state index contributed by atoms with van der Waals surface area (Å²) in [7, 11) is 0. The molecule has 5 nitrogen and oxygen atoms in total. The lowest BCUT2D eigenvalue weighted by molar-refractivity contribution is 0.626. The monoisotopic (exact) mass is 462 g/mol. The molecule has 168 valence electrons. The highest BCUT2D eigenvalue weighted by molar-refractivity contribution is 6.31. The number of hydrogen-bond acceptors (Lipinski definition) is 4. The van der Waals surface area contributed by atoms with Crippen LogP contribution in [0.5, 0.6) is 0 Å². The van der Waals surface area contributed by atoms with E-state index in [0.717, 1.165) is 27.9 Å². The highest BCUT2D eigenvalue weighted by Crippen LogP contribution is 2.29. The normalized spacial score (nSPS) is 12.0. The SMILES string of the molecule is Cc1cnc(-c2cncc(N)c2)cc1-n1c(C)cc(C(C)Cc2ccc(F)cc2)c(Cl)c1=O. The molecule has 0 saturated carbocycles. The molecule has 0 aliphatic rings. The van der Waals surface area contributed by atoms with Crippen molar-refractivity contribution in [2.45, 2.75) is 33.1 Å². The van der Waals surface area contributed by atoms with Gasteiger partial charge in [0.1, 0.15) is 10.8 Å². The Morgan fingerprint density at radius 1 is 1.09 bits per heavy atom. The predicted molar refractivity (Wildman–Crippen MR) is 130 cm³/mol. The Hall–Kier alpha value is -3.51. The number of hydrogen-bond donors (Lipinski definition) is 1. The molecular weight excluding hydrogens is 439 g/mol. The minimum absolute atomic E-state index is 0.0172. The number of anilines is 1. The van der Waals surface area contributed by atoms with Crippen molar-refractivity contribution in [2.24, 2.45) is 0 Å². The van der Waals surface area contributed by atoms with E-state index in [-0.39, 0.29) is 22.3 Å². The molecule has 1 atom stereocenters. The summed E-state index contributed by atoms with van der Waals surface area (Å²) in [6.45, 7) is 5.79. The molecule has 0 aliphatic heterocycles. The Morgan fingerprint density at radius 2 is 1.82 bits per heavy atom. The van der Waals surface area contributed by atoms with Crippen LogP contribution in [0.1, 0.15) is 35.2 Å². The van der Waals surface area contributed by atoms with Gasteiger partial charge in [0, 0.05) is 29.8 Å². The van der Waals surface area contributed by atoms with Gasteiger partial charge in [0.25, 0.3) is 5.56 Å². The number of nitrogens with zero attached hydrogens (tertiary/aromatic N) is 3. The summed E-state index contributed by atoms with van der Waals surface area (Å²) in [6, 6.07) is 12.0. The summed E-state index contributed by atoms with van der Waals surface area (Å²) in [5, 5.41) is 0.179. The molecule has 1 unspecified atom stereocenters. The average Bonchev–Trinajstić information content (AvgIpc) is 2.79. The van der Waals surface area contributed by atoms with Gasteiger partial charge in [-0.25, -0.2) is 4.39 Å². The molecule has 0 radical (unpaired) electrons. The fourth-order valence-electron chi connectivity index (χ4n) is 3.99. The Morgan fingerprint density at radius 3 is 2.52 bits per heavy atom. The molecule has 0 amide bonds. The van der Waals surface area contributed by atoms with E-state index in [0.29, 0.717) is 23.5 Å². The fourth-order valence-corrected chi connectivity index (χ4v) is 4.31. The first-order valence-electron chi connectivity index (χ1n) is 10.6. The second-order valence-corrected chi connectivity index (χ2v) is 8.67. The maximum atomic E-state index is 13.4. The van der Waals surface area contributed by atoms with Crippen LogP contribution in [0.3, 0.4) is 0 Å². The van der Waals surface area contributed by atoms with Crippen molar-refractivity contribution in [3.8, 4) is 16.9 Å². The molecule has 4 rings (SSSR count). The zero-order valence-electron chi connectivity index (χ0n) is 18.6. The zero-order valence-corrected chi connectivity index (χ0v) is 19.4. The molecule has 33 heavy (non-hydrogen) atoms. The molecule has 0 spiro atoms. The van der Waals surface area contributed by atoms with Gasteiger partial charge in [0.05, 0.1) is 17.1 Å². The van der Waals surface area contributed by atoms with Gasteiger partial charge in [-0.05, 0) is 73.2 Å². The van der Waals surface area contributed by atoms with E-state index >= 15 is 0 Å². The quantitative estimate of drug-likeness (QED) is 0.417. The number of aryl methyl sites for hydroxylation is 2. The van der Waals surface area contributed by atoms with Crippen LogP contribution in [0.4, 0.5) is 10.1 Å². The van der Waals surface area contributed by atoms with E-state index in [9.17, 15) is 9.18 Å². The van der Waals surface area contributed by atoms with Gasteiger partial charge in [-0.15, -0.1) is 0 Å². The number of halogens is 2. The first kappa shape index (κ1) is 22.7. The third-order valence-corrected chi connectivity index (χ3v) is 6.10. The van der Waals surface area contributed by atoms with Crippen molar-refractivity contribution in [3.05, 3.63) is 105 Å². The Labute approximate surface area is 196 Å². The average molecular weight is 463 g/mol. The second kappa shape index (κ2) is 9.16. The van der Waals surface area contributed by atoms with E-state index < -0.39 is 0 Å². The van der Waals surface area contributed by atoms with E-state index in [1.54, 1.807) is 41.4 Å². The number of nitrogens with two attached hydrogens (primary N) is 1. The summed E-state index contributed by atoms with van der Waals surface area (Å²) in [6.07, 6.45) is 5.61. The van der Waals surface area contributed by atoms with E-state index in [1.807, 2.05) is 32.9 Å². The minimum atomic E-state index is -0.288. The summed E-state index contributed by atoms with van der Waals surface area (Å²) < 4.78 is 14.8. The molecule has 1 aromatic carbocycles. The maximum Gasteiger partial charge on any atom is 0.274 e. The molecule has 0 saturated heterocycles. The van der Waals surface area contributed by atoms with Crippen LogP contribution in [0.15, 0.2) is 65.8 Å². The van der Waals surface area contributed by atoms with E-state index in [2.05, 4.69) is 9.97 Å². The molecule has 0 aliphatic carbocycles. The van der Waals surface area contributed by atoms with Crippen molar-refractivity contribution in [2.75, 3.05) is 5.73 Å². The number of benzene rings is 1. The lowest BCUT2D eigenvalue weighted by Gasteiger charge is -2.19. The van der Waals surface area contributed by atoms with Crippen LogP contribution in [-0.4, -0.2) is 14.5 Å². The second-order valence-electron chi connectivity index (χ2n) is 8.29. The fraction of sp³-hybridized carbons (Fsp3) is 0.192. The highest BCUT2D eigenvalue weighted by atomic mass is 35.5. The molecular formula is C26H24ClFN4O. The van der Waals surface area contributed by atoms with E-state index in [4.69, 9.17) is 17.3 Å². The van der Waals surface area contributed by atoms with Crippen LogP contribution in [0.2, 0.25) is 5.02 Å². The molecule has 0 bridgehead atoms. The number of rotatable bonds is 5. The van der Waals surface area contributed by atoms with Gasteiger partial charge in [0.15, 0.2) is 0 Å². The third-order valence-electron chi connectivity index (χ3n) is 5.72. The molecule has 4 aromatic rings. The lowest BCUT2D eigenvalue weighted by Crippen LogP contribution is -2.24. The van der Waals surface area contributed by atoms with Gasteiger partial charge in [-0.2, -0.15) is 0 Å². The summed E-state index contributed by atoms with van der Waals surface area (Å²) >= 11 is 6.60. The van der Waals surface area contributed by atoms with Crippen LogP contribution < -0.4 is 11.3 Å². The number of nitrogen functional groups attached to an aromatic ring is 1. The van der Waals surface area contributed by atoms with Crippen molar-refractivity contribution in [1.82, 2.24) is 14.5 Å². The van der Waals surface area contributed by atoms with Gasteiger partial charge >= 0.3 is 0 Å². The molecule has 3 aromatic heterocycles. The van der Waals surface area contributed by atoms with Crippen LogP contribution in [-0.2, 0) is 6.42 Å². The molecule has 3 heterocycles. The molecule has 0 fully saturated rings. The van der Waals surface area contributed by atoms with Crippen molar-refractivity contribution in [3.63, 3.8) is 0 Å². The minimum Gasteiger partial charge on any atom is -0.397 e. The highest BCUT2D eigenvalue weighted by Gasteiger charge is 2.19. The standard InChI is InChI=1S/C26H24ClFN4O/c1-15(8-18-4-6-20(28)7-5-18)22-9-17(3)32(26(33)25(22)27)24-11-23(31-12-16(24)2)19-10-21(29)14-30-13-19/h4-7,9-15H,8,29H2,1-3H3. The van der Waals surface area contributed by atoms with Crippen molar-refractivity contribution in [1.29, 1.82) is 0 Å². The van der Waals surface area contributed by atoms with Crippen LogP contribution in [0.25, 0.3) is 16.9 Å². The van der Waals surface area contributed by atoms with Gasteiger partial charge in [-0.3, -0.25) is 19.3 Å². The Bertz CT molecular complexity index is 1380. The third kappa shape index (κ3) is 4.66. The van der Waals surface area contributed by atoms with Crippen molar-refractivity contribution < 1.29 is 4.39 Å². The first-order valence-corrected chi connectivity index (χ1v) is 11.0. The largest absolute Gasteiger partial charge is 0.397 e. The number of aromatic nitrogens is 3. The lowest BCUT2D eigenvalue weighted by atomic mass is 9.93. The van der Waals surface area contributed by atoms with Gasteiger partial charge < -0.3 is 5.73 Å². The zero-order chi connectivity index (χ0) is 23.7. The Kier molecular flexibility index (Phi) is 6.29. The smallest absolute Gasteiger partial charge is 0.274 e. The molecule has 7 heteroatoms. The predicted octanol–water partition coefficient (Wildman–Crippen LogP) is 5.63.